The summed E-state index contributed by atoms with van der Waals surface area (Å²) < 4.78 is 5.76. The molecule has 1 rings (SSSR count). The predicted octanol–water partition coefficient (Wildman–Crippen LogP) is 0.578. The van der Waals surface area contributed by atoms with Crippen LogP contribution >= 0.6 is 0 Å². The fourth-order valence-electron chi connectivity index (χ4n) is 1.17. The van der Waals surface area contributed by atoms with E-state index in [2.05, 4.69) is 9.84 Å². The van der Waals surface area contributed by atoms with Gasteiger partial charge in [-0.2, -0.15) is 5.10 Å². The number of hydrogen-bond acceptors (Lipinski definition) is 4. The summed E-state index contributed by atoms with van der Waals surface area (Å²) in [6.07, 6.45) is 0. The second-order valence-corrected chi connectivity index (χ2v) is 3.24. The first kappa shape index (κ1) is 11.2. The SMILES string of the molecule is COC(=O)c1cc([N+](=O)[O-])[n+](C(C)C)[nH]1. The van der Waals surface area contributed by atoms with Crippen molar-refractivity contribution in [2.24, 2.45) is 0 Å². The number of aromatic nitrogens is 2. The van der Waals surface area contributed by atoms with Gasteiger partial charge in [-0.3, -0.25) is 10.1 Å². The molecule has 0 bridgehead atoms. The Kier molecular flexibility index (Phi) is 3.03. The van der Waals surface area contributed by atoms with Crippen molar-refractivity contribution in [1.82, 2.24) is 5.10 Å². The van der Waals surface area contributed by atoms with Crippen LogP contribution in [0.25, 0.3) is 0 Å². The summed E-state index contributed by atoms with van der Waals surface area (Å²) in [4.78, 5) is 21.2. The third-order valence-corrected chi connectivity index (χ3v) is 1.87. The fourth-order valence-corrected chi connectivity index (χ4v) is 1.17. The van der Waals surface area contributed by atoms with Crippen LogP contribution in [-0.2, 0) is 4.74 Å². The van der Waals surface area contributed by atoms with E-state index in [0.29, 0.717) is 0 Å². The molecule has 0 saturated carbocycles. The highest BCUT2D eigenvalue weighted by Crippen LogP contribution is 2.10. The van der Waals surface area contributed by atoms with Crippen molar-refractivity contribution in [3.05, 3.63) is 21.9 Å². The molecule has 0 unspecified atom stereocenters. The van der Waals surface area contributed by atoms with Crippen LogP contribution in [0.3, 0.4) is 0 Å². The third-order valence-electron chi connectivity index (χ3n) is 1.87. The molecular weight excluding hydrogens is 202 g/mol. The lowest BCUT2D eigenvalue weighted by Crippen LogP contribution is -2.40. The highest BCUT2D eigenvalue weighted by molar-refractivity contribution is 5.87. The van der Waals surface area contributed by atoms with Crippen LogP contribution in [0.2, 0.25) is 0 Å². The quantitative estimate of drug-likeness (QED) is 0.345. The van der Waals surface area contributed by atoms with Crippen LogP contribution in [0, 0.1) is 10.1 Å². The Labute approximate surface area is 85.8 Å². The Morgan fingerprint density at radius 2 is 2.27 bits per heavy atom. The van der Waals surface area contributed by atoms with Crippen molar-refractivity contribution in [3.63, 3.8) is 0 Å². The van der Waals surface area contributed by atoms with E-state index in [1.165, 1.54) is 11.8 Å². The largest absolute Gasteiger partial charge is 0.527 e. The van der Waals surface area contributed by atoms with E-state index >= 15 is 0 Å². The van der Waals surface area contributed by atoms with Gasteiger partial charge in [-0.25, -0.2) is 4.79 Å². The zero-order chi connectivity index (χ0) is 11.6. The third kappa shape index (κ3) is 2.12. The molecule has 0 fully saturated rings. The summed E-state index contributed by atoms with van der Waals surface area (Å²) in [7, 11) is 1.22. The second-order valence-electron chi connectivity index (χ2n) is 3.24. The monoisotopic (exact) mass is 214 g/mol. The van der Waals surface area contributed by atoms with Crippen molar-refractivity contribution < 1.29 is 19.1 Å². The van der Waals surface area contributed by atoms with Crippen LogP contribution in [0.15, 0.2) is 6.07 Å². The number of carbonyl (C=O) groups excluding carboxylic acids is 1. The molecule has 0 amide bonds. The van der Waals surface area contributed by atoms with Gasteiger partial charge in [0.05, 0.1) is 7.11 Å². The van der Waals surface area contributed by atoms with Crippen molar-refractivity contribution in [1.29, 1.82) is 0 Å². The number of nitrogens with one attached hydrogen (secondary N) is 1. The van der Waals surface area contributed by atoms with Gasteiger partial charge in [0.2, 0.25) is 0 Å². The fraction of sp³-hybridized carbons (Fsp3) is 0.500. The molecule has 0 radical (unpaired) electrons. The number of carbonyl (C=O) groups is 1. The molecule has 1 aromatic heterocycles. The van der Waals surface area contributed by atoms with Gasteiger partial charge in [-0.05, 0) is 4.68 Å². The van der Waals surface area contributed by atoms with Crippen molar-refractivity contribution in [2.45, 2.75) is 19.9 Å². The number of hydrogen-bond donors (Lipinski definition) is 1. The zero-order valence-electron chi connectivity index (χ0n) is 8.68. The molecular formula is C8H12N3O4+. The maximum Gasteiger partial charge on any atom is 0.527 e. The predicted molar refractivity (Wildman–Crippen MR) is 49.4 cm³/mol. The topological polar surface area (TPSA) is 89.1 Å². The Balaban J connectivity index is 3.21. The van der Waals surface area contributed by atoms with E-state index in [0.717, 1.165) is 6.07 Å². The number of H-pyrrole nitrogens is 1. The van der Waals surface area contributed by atoms with Crippen LogP contribution in [-0.4, -0.2) is 23.1 Å². The Bertz CT molecular complexity index is 397. The maximum atomic E-state index is 11.1. The van der Waals surface area contributed by atoms with Crippen LogP contribution in [0.4, 0.5) is 5.82 Å². The van der Waals surface area contributed by atoms with Crippen molar-refractivity contribution in [2.75, 3.05) is 7.11 Å². The minimum absolute atomic E-state index is 0.0675. The molecule has 0 atom stereocenters. The van der Waals surface area contributed by atoms with Gasteiger partial charge in [0, 0.05) is 13.8 Å². The van der Waals surface area contributed by atoms with Gasteiger partial charge in [-0.1, -0.05) is 0 Å². The molecule has 0 aromatic carbocycles. The number of aromatic amines is 1. The molecule has 0 aliphatic heterocycles. The van der Waals surface area contributed by atoms with Gasteiger partial charge in [0.15, 0.2) is 11.7 Å². The van der Waals surface area contributed by atoms with E-state index in [9.17, 15) is 14.9 Å². The lowest BCUT2D eigenvalue weighted by Gasteiger charge is -1.94. The van der Waals surface area contributed by atoms with E-state index in [4.69, 9.17) is 0 Å². The van der Waals surface area contributed by atoms with Crippen LogP contribution < -0.4 is 4.68 Å². The summed E-state index contributed by atoms with van der Waals surface area (Å²) in [6.45, 7) is 3.54. The maximum absolute atomic E-state index is 11.1. The molecule has 0 aliphatic carbocycles. The summed E-state index contributed by atoms with van der Waals surface area (Å²) in [5, 5.41) is 13.3. The standard InChI is InChI=1S/C8H11N3O4/c1-5(2)10-7(11(13)14)4-6(9-10)8(12)15-3/h4-5H,1-3H3/p+1. The molecule has 0 aliphatic rings. The average molecular weight is 214 g/mol. The van der Waals surface area contributed by atoms with E-state index < -0.39 is 10.9 Å². The molecule has 7 nitrogen and oxygen atoms in total. The van der Waals surface area contributed by atoms with Crippen LogP contribution in [0.5, 0.6) is 0 Å². The number of esters is 1. The Morgan fingerprint density at radius 1 is 1.67 bits per heavy atom. The first-order chi connectivity index (χ1) is 6.97. The van der Waals surface area contributed by atoms with Gasteiger partial charge in [0.1, 0.15) is 11.0 Å². The summed E-state index contributed by atoms with van der Waals surface area (Å²) >= 11 is 0. The van der Waals surface area contributed by atoms with Gasteiger partial charge < -0.3 is 4.74 Å². The Hall–Kier alpha value is -1.92. The summed E-state index contributed by atoms with van der Waals surface area (Å²) in [5.74, 6) is -0.789. The average Bonchev–Trinajstić information content (AvgIpc) is 2.61. The summed E-state index contributed by atoms with van der Waals surface area (Å²) in [5.41, 5.74) is 0.0675. The van der Waals surface area contributed by atoms with E-state index in [-0.39, 0.29) is 17.6 Å². The number of nitrogens with zero attached hydrogens (tertiary/aromatic N) is 2. The zero-order valence-corrected chi connectivity index (χ0v) is 8.68. The molecule has 7 heteroatoms. The second kappa shape index (κ2) is 4.07. The first-order valence-electron chi connectivity index (χ1n) is 4.34. The molecule has 1 aromatic rings. The molecule has 82 valence electrons. The smallest absolute Gasteiger partial charge is 0.464 e. The summed E-state index contributed by atoms with van der Waals surface area (Å²) in [6, 6.07) is 1.02. The highest BCUT2D eigenvalue weighted by atomic mass is 16.6. The minimum Gasteiger partial charge on any atom is -0.464 e. The minimum atomic E-state index is -0.627. The van der Waals surface area contributed by atoms with E-state index in [1.807, 2.05) is 0 Å². The normalized spacial score (nSPS) is 10.4. The molecule has 1 N–H and O–H groups in total. The van der Waals surface area contributed by atoms with Gasteiger partial charge in [-0.15, -0.1) is 0 Å². The highest BCUT2D eigenvalue weighted by Gasteiger charge is 2.31. The lowest BCUT2D eigenvalue weighted by atomic mass is 10.4. The Morgan fingerprint density at radius 3 is 2.60 bits per heavy atom. The first-order valence-corrected chi connectivity index (χ1v) is 4.34. The number of nitro groups is 1. The number of rotatable bonds is 3. The van der Waals surface area contributed by atoms with Crippen LogP contribution in [0.1, 0.15) is 30.4 Å². The molecule has 0 saturated heterocycles. The van der Waals surface area contributed by atoms with E-state index in [1.54, 1.807) is 13.8 Å². The number of ether oxygens (including phenoxy) is 1. The molecule has 0 spiro atoms. The molecule has 15 heavy (non-hydrogen) atoms. The van der Waals surface area contributed by atoms with Crippen molar-refractivity contribution in [3.8, 4) is 0 Å². The van der Waals surface area contributed by atoms with Gasteiger partial charge in [0.25, 0.3) is 0 Å². The molecule has 1 heterocycles. The number of methoxy groups -OCH3 is 1. The lowest BCUT2D eigenvalue weighted by molar-refractivity contribution is -0.795. The van der Waals surface area contributed by atoms with Crippen molar-refractivity contribution >= 4 is 11.8 Å². The van der Waals surface area contributed by atoms with Gasteiger partial charge >= 0.3 is 11.8 Å².